The average Bonchev–Trinajstić information content (AvgIpc) is 2.15. The lowest BCUT2D eigenvalue weighted by atomic mass is 10.2. The lowest BCUT2D eigenvalue weighted by Crippen LogP contribution is -2.44. The number of likely N-dealkylation sites (N-methyl/N-ethyl adjacent to an activating group) is 1. The van der Waals surface area contributed by atoms with E-state index in [0.717, 1.165) is 13.2 Å². The molecule has 1 fully saturated rings. The fourth-order valence-electron chi connectivity index (χ4n) is 1.58. The van der Waals surface area contributed by atoms with Crippen LogP contribution in [0.4, 0.5) is 0 Å². The largest absolute Gasteiger partial charge is 0.383 e. The van der Waals surface area contributed by atoms with Gasteiger partial charge in [-0.3, -0.25) is 0 Å². The van der Waals surface area contributed by atoms with Gasteiger partial charge in [-0.2, -0.15) is 0 Å². The average molecular weight is 172 g/mol. The van der Waals surface area contributed by atoms with Gasteiger partial charge in [0.15, 0.2) is 0 Å². The van der Waals surface area contributed by atoms with Crippen LogP contribution < -0.4 is 0 Å². The summed E-state index contributed by atoms with van der Waals surface area (Å²) < 4.78 is 5.03. The van der Waals surface area contributed by atoms with Crippen molar-refractivity contribution in [1.82, 2.24) is 10.0 Å². The number of hydrogen-bond donors (Lipinski definition) is 0. The van der Waals surface area contributed by atoms with Crippen molar-refractivity contribution < 1.29 is 4.74 Å². The van der Waals surface area contributed by atoms with Crippen molar-refractivity contribution in [2.75, 3.05) is 40.4 Å². The predicted molar refractivity (Wildman–Crippen MR) is 49.9 cm³/mol. The highest BCUT2D eigenvalue weighted by Gasteiger charge is 2.13. The van der Waals surface area contributed by atoms with Gasteiger partial charge in [-0.25, -0.2) is 10.0 Å². The molecule has 0 amide bonds. The van der Waals surface area contributed by atoms with Crippen molar-refractivity contribution in [3.8, 4) is 0 Å². The first-order chi connectivity index (χ1) is 5.84. The van der Waals surface area contributed by atoms with Gasteiger partial charge in [-0.1, -0.05) is 6.42 Å². The van der Waals surface area contributed by atoms with Gasteiger partial charge in [-0.05, 0) is 12.8 Å². The van der Waals surface area contributed by atoms with Crippen molar-refractivity contribution in [2.45, 2.75) is 19.3 Å². The molecule has 0 atom stereocenters. The Balaban J connectivity index is 2.15. The summed E-state index contributed by atoms with van der Waals surface area (Å²) in [5.74, 6) is 0. The lowest BCUT2D eigenvalue weighted by molar-refractivity contribution is -0.0302. The van der Waals surface area contributed by atoms with E-state index in [-0.39, 0.29) is 0 Å². The zero-order chi connectivity index (χ0) is 8.81. The summed E-state index contributed by atoms with van der Waals surface area (Å²) in [5.41, 5.74) is 0. The van der Waals surface area contributed by atoms with Crippen LogP contribution >= 0.6 is 0 Å². The van der Waals surface area contributed by atoms with Crippen molar-refractivity contribution in [3.05, 3.63) is 0 Å². The number of ether oxygens (including phenoxy) is 1. The molecule has 3 heteroatoms. The summed E-state index contributed by atoms with van der Waals surface area (Å²) in [4.78, 5) is 0. The molecule has 3 nitrogen and oxygen atoms in total. The van der Waals surface area contributed by atoms with E-state index in [1.54, 1.807) is 7.11 Å². The van der Waals surface area contributed by atoms with Crippen LogP contribution in [0.15, 0.2) is 0 Å². The molecule has 0 unspecified atom stereocenters. The molecule has 0 radical (unpaired) electrons. The summed E-state index contributed by atoms with van der Waals surface area (Å²) >= 11 is 0. The van der Waals surface area contributed by atoms with Gasteiger partial charge in [0.25, 0.3) is 0 Å². The first-order valence-electron chi connectivity index (χ1n) is 4.79. The molecule has 0 aromatic carbocycles. The molecule has 1 aliphatic rings. The monoisotopic (exact) mass is 172 g/mol. The summed E-state index contributed by atoms with van der Waals surface area (Å²) in [7, 11) is 3.90. The Morgan fingerprint density at radius 2 is 1.92 bits per heavy atom. The van der Waals surface area contributed by atoms with Gasteiger partial charge in [-0.15, -0.1) is 0 Å². The van der Waals surface area contributed by atoms with Gasteiger partial charge < -0.3 is 4.74 Å². The van der Waals surface area contributed by atoms with E-state index in [0.29, 0.717) is 0 Å². The van der Waals surface area contributed by atoms with Crippen LogP contribution in [0, 0.1) is 0 Å². The number of piperidine rings is 1. The Morgan fingerprint density at radius 3 is 2.50 bits per heavy atom. The smallest absolute Gasteiger partial charge is 0.0603 e. The molecule has 0 saturated carbocycles. The highest BCUT2D eigenvalue weighted by molar-refractivity contribution is 4.61. The van der Waals surface area contributed by atoms with Crippen molar-refractivity contribution in [3.63, 3.8) is 0 Å². The quantitative estimate of drug-likeness (QED) is 0.628. The molecule has 1 saturated heterocycles. The Kier molecular flexibility index (Phi) is 4.58. The van der Waals surface area contributed by atoms with E-state index >= 15 is 0 Å². The number of hydrazine groups is 1. The third-order valence-corrected chi connectivity index (χ3v) is 2.43. The Hall–Kier alpha value is -0.120. The molecule has 0 spiro atoms. The van der Waals surface area contributed by atoms with Crippen molar-refractivity contribution >= 4 is 0 Å². The van der Waals surface area contributed by atoms with Crippen molar-refractivity contribution in [2.24, 2.45) is 0 Å². The molecule has 1 heterocycles. The van der Waals surface area contributed by atoms with Crippen LogP contribution in [0.5, 0.6) is 0 Å². The van der Waals surface area contributed by atoms with Gasteiger partial charge >= 0.3 is 0 Å². The van der Waals surface area contributed by atoms with Crippen LogP contribution in [-0.2, 0) is 4.74 Å². The number of nitrogens with zero attached hydrogens (tertiary/aromatic N) is 2. The lowest BCUT2D eigenvalue weighted by Gasteiger charge is -2.34. The molecule has 72 valence electrons. The predicted octanol–water partition coefficient (Wildman–Crippen LogP) is 0.966. The Labute approximate surface area is 75.3 Å². The van der Waals surface area contributed by atoms with E-state index < -0.39 is 0 Å². The fourth-order valence-corrected chi connectivity index (χ4v) is 1.58. The van der Waals surface area contributed by atoms with E-state index in [1.807, 2.05) is 0 Å². The minimum absolute atomic E-state index is 0.826. The molecule has 1 aliphatic heterocycles. The number of rotatable bonds is 4. The molecule has 1 rings (SSSR count). The Bertz CT molecular complexity index is 113. The maximum absolute atomic E-state index is 5.03. The molecular formula is C9H20N2O. The second-order valence-corrected chi connectivity index (χ2v) is 3.39. The van der Waals surface area contributed by atoms with Crippen LogP contribution in [0.1, 0.15) is 19.3 Å². The van der Waals surface area contributed by atoms with E-state index in [1.165, 1.54) is 32.4 Å². The fraction of sp³-hybridized carbons (Fsp3) is 1.00. The third-order valence-electron chi connectivity index (χ3n) is 2.43. The topological polar surface area (TPSA) is 15.7 Å². The molecule has 0 N–H and O–H groups in total. The van der Waals surface area contributed by atoms with E-state index in [2.05, 4.69) is 17.1 Å². The first-order valence-corrected chi connectivity index (χ1v) is 4.79. The van der Waals surface area contributed by atoms with Crippen LogP contribution in [-0.4, -0.2) is 50.4 Å². The normalized spacial score (nSPS) is 20.2. The summed E-state index contributed by atoms with van der Waals surface area (Å²) in [6.07, 6.45) is 4.09. The number of hydrogen-bond acceptors (Lipinski definition) is 3. The van der Waals surface area contributed by atoms with Crippen LogP contribution in [0.2, 0.25) is 0 Å². The Morgan fingerprint density at radius 1 is 1.25 bits per heavy atom. The second-order valence-electron chi connectivity index (χ2n) is 3.39. The zero-order valence-electron chi connectivity index (χ0n) is 8.25. The SMILES string of the molecule is COCCN(C)N1CCCCC1. The molecule has 12 heavy (non-hydrogen) atoms. The highest BCUT2D eigenvalue weighted by Crippen LogP contribution is 2.09. The second kappa shape index (κ2) is 5.51. The van der Waals surface area contributed by atoms with Crippen LogP contribution in [0.3, 0.4) is 0 Å². The molecule has 0 aromatic rings. The molecule has 0 aliphatic carbocycles. The number of methoxy groups -OCH3 is 1. The zero-order valence-corrected chi connectivity index (χ0v) is 8.25. The molecule has 0 bridgehead atoms. The van der Waals surface area contributed by atoms with E-state index in [9.17, 15) is 0 Å². The molecule has 0 aromatic heterocycles. The van der Waals surface area contributed by atoms with Gasteiger partial charge in [0.1, 0.15) is 0 Å². The van der Waals surface area contributed by atoms with Crippen LogP contribution in [0.25, 0.3) is 0 Å². The molecular weight excluding hydrogens is 152 g/mol. The van der Waals surface area contributed by atoms with Gasteiger partial charge in [0.05, 0.1) is 6.61 Å². The summed E-state index contributed by atoms with van der Waals surface area (Å²) in [6, 6.07) is 0. The maximum atomic E-state index is 5.03. The maximum Gasteiger partial charge on any atom is 0.0603 e. The standard InChI is InChI=1S/C9H20N2O/c1-10(8-9-12-2)11-6-4-3-5-7-11/h3-9H2,1-2H3. The van der Waals surface area contributed by atoms with E-state index in [4.69, 9.17) is 4.74 Å². The third kappa shape index (κ3) is 3.09. The summed E-state index contributed by atoms with van der Waals surface area (Å²) in [5, 5.41) is 4.70. The van der Waals surface area contributed by atoms with Gasteiger partial charge in [0, 0.05) is 33.8 Å². The summed E-state index contributed by atoms with van der Waals surface area (Å²) in [6.45, 7) is 4.28. The first kappa shape index (κ1) is 9.96. The van der Waals surface area contributed by atoms with Gasteiger partial charge in [0.2, 0.25) is 0 Å². The highest BCUT2D eigenvalue weighted by atomic mass is 16.5. The van der Waals surface area contributed by atoms with Crippen molar-refractivity contribution in [1.29, 1.82) is 0 Å². The minimum Gasteiger partial charge on any atom is -0.383 e. The minimum atomic E-state index is 0.826.